The summed E-state index contributed by atoms with van der Waals surface area (Å²) in [7, 11) is 0. The molecule has 2 bridgehead atoms. The maximum atomic E-state index is 13.4. The summed E-state index contributed by atoms with van der Waals surface area (Å²) in [6.07, 6.45) is 9.46. The van der Waals surface area contributed by atoms with Gasteiger partial charge in [-0.05, 0) is 75.3 Å². The summed E-state index contributed by atoms with van der Waals surface area (Å²) in [6, 6.07) is 9.93. The number of carbonyl (C=O) groups excluding carboxylic acids is 1. The molecule has 0 N–H and O–H groups in total. The van der Waals surface area contributed by atoms with E-state index >= 15 is 0 Å². The zero-order chi connectivity index (χ0) is 17.7. The standard InChI is InChI=1S/C23H27NOS/c1-15-6-8-16(9-7-15)17-12-18-10-11-19(13-17)24(18)23(25)21-14-26-22-5-3-2-4-20(21)22/h6-9,14,17-19H,2-5,10-13H2,1H3/t18-,19-/m0/s1. The number of amides is 1. The lowest BCUT2D eigenvalue weighted by atomic mass is 9.84. The third-order valence-electron chi connectivity index (χ3n) is 6.81. The fourth-order valence-corrected chi connectivity index (χ4v) is 6.55. The summed E-state index contributed by atoms with van der Waals surface area (Å²) in [6.45, 7) is 2.15. The maximum Gasteiger partial charge on any atom is 0.255 e. The van der Waals surface area contributed by atoms with E-state index in [1.165, 1.54) is 53.7 Å². The molecule has 3 heteroatoms. The van der Waals surface area contributed by atoms with Crippen LogP contribution >= 0.6 is 11.3 Å². The number of benzene rings is 1. The topological polar surface area (TPSA) is 20.3 Å². The van der Waals surface area contributed by atoms with Gasteiger partial charge in [0.15, 0.2) is 0 Å². The normalized spacial score (nSPS) is 27.4. The van der Waals surface area contributed by atoms with E-state index in [1.807, 2.05) is 11.3 Å². The number of aryl methyl sites for hydroxylation is 2. The van der Waals surface area contributed by atoms with Gasteiger partial charge in [0.2, 0.25) is 0 Å². The van der Waals surface area contributed by atoms with Crippen LogP contribution in [0.4, 0.5) is 0 Å². The van der Waals surface area contributed by atoms with Gasteiger partial charge in [-0.25, -0.2) is 0 Å². The number of fused-ring (bicyclic) bond motifs is 3. The van der Waals surface area contributed by atoms with Crippen molar-refractivity contribution in [3.8, 4) is 0 Å². The van der Waals surface area contributed by atoms with Crippen LogP contribution in [0.1, 0.15) is 76.4 Å². The maximum absolute atomic E-state index is 13.4. The Morgan fingerprint density at radius 1 is 1.04 bits per heavy atom. The molecule has 1 aromatic heterocycles. The molecule has 2 nitrogen and oxygen atoms in total. The van der Waals surface area contributed by atoms with Gasteiger partial charge in [-0.2, -0.15) is 0 Å². The van der Waals surface area contributed by atoms with Crippen LogP contribution in [-0.4, -0.2) is 22.9 Å². The molecular weight excluding hydrogens is 338 g/mol. The Morgan fingerprint density at radius 3 is 2.46 bits per heavy atom. The number of hydrogen-bond acceptors (Lipinski definition) is 2. The molecule has 0 saturated carbocycles. The van der Waals surface area contributed by atoms with Gasteiger partial charge in [0.05, 0.1) is 5.56 Å². The fourth-order valence-electron chi connectivity index (χ4n) is 5.43. The van der Waals surface area contributed by atoms with Gasteiger partial charge in [-0.15, -0.1) is 11.3 Å². The van der Waals surface area contributed by atoms with Gasteiger partial charge >= 0.3 is 0 Å². The van der Waals surface area contributed by atoms with E-state index in [4.69, 9.17) is 0 Å². The van der Waals surface area contributed by atoms with Crippen molar-refractivity contribution in [2.45, 2.75) is 76.3 Å². The van der Waals surface area contributed by atoms with E-state index in [0.717, 1.165) is 24.8 Å². The van der Waals surface area contributed by atoms with Gasteiger partial charge in [0.1, 0.15) is 0 Å². The Labute approximate surface area is 160 Å². The molecule has 5 rings (SSSR count). The Hall–Kier alpha value is -1.61. The summed E-state index contributed by atoms with van der Waals surface area (Å²) in [5.74, 6) is 0.952. The van der Waals surface area contributed by atoms with Crippen molar-refractivity contribution in [2.24, 2.45) is 0 Å². The minimum atomic E-state index is 0.333. The molecule has 2 atom stereocenters. The van der Waals surface area contributed by atoms with E-state index < -0.39 is 0 Å². The number of piperidine rings is 1. The molecule has 26 heavy (non-hydrogen) atoms. The number of nitrogens with zero attached hydrogens (tertiary/aromatic N) is 1. The number of thiophene rings is 1. The van der Waals surface area contributed by atoms with Crippen LogP contribution < -0.4 is 0 Å². The Balaban J connectivity index is 1.38. The van der Waals surface area contributed by atoms with Crippen LogP contribution in [-0.2, 0) is 12.8 Å². The van der Waals surface area contributed by atoms with Gasteiger partial charge in [-0.1, -0.05) is 29.8 Å². The minimum Gasteiger partial charge on any atom is -0.333 e. The van der Waals surface area contributed by atoms with Gasteiger partial charge in [-0.3, -0.25) is 4.79 Å². The highest BCUT2D eigenvalue weighted by molar-refractivity contribution is 7.10. The second kappa shape index (κ2) is 6.53. The highest BCUT2D eigenvalue weighted by Crippen LogP contribution is 2.44. The number of hydrogen-bond donors (Lipinski definition) is 0. The van der Waals surface area contributed by atoms with Crippen LogP contribution in [0, 0.1) is 6.92 Å². The first kappa shape index (κ1) is 16.6. The molecule has 3 heterocycles. The van der Waals surface area contributed by atoms with Crippen LogP contribution in [0.15, 0.2) is 29.6 Å². The molecule has 0 radical (unpaired) electrons. The summed E-state index contributed by atoms with van der Waals surface area (Å²) < 4.78 is 0. The SMILES string of the molecule is Cc1ccc(C2C[C@@H]3CC[C@@H](C2)N3C(=O)c2csc3c2CCCC3)cc1. The van der Waals surface area contributed by atoms with E-state index in [-0.39, 0.29) is 0 Å². The second-order valence-corrected chi connectivity index (χ2v) is 9.40. The van der Waals surface area contributed by atoms with E-state index in [9.17, 15) is 4.79 Å². The molecule has 1 aromatic carbocycles. The molecule has 2 aliphatic heterocycles. The fraction of sp³-hybridized carbons (Fsp3) is 0.522. The van der Waals surface area contributed by atoms with Crippen molar-refractivity contribution in [2.75, 3.05) is 0 Å². The first-order valence-corrected chi connectivity index (χ1v) is 11.1. The molecule has 136 valence electrons. The molecule has 2 fully saturated rings. The quantitative estimate of drug-likeness (QED) is 0.689. The smallest absolute Gasteiger partial charge is 0.255 e. The average Bonchev–Trinajstić information content (AvgIpc) is 3.20. The molecule has 1 aliphatic carbocycles. The van der Waals surface area contributed by atoms with Crippen molar-refractivity contribution in [1.29, 1.82) is 0 Å². The van der Waals surface area contributed by atoms with Gasteiger partial charge < -0.3 is 4.90 Å². The zero-order valence-corrected chi connectivity index (χ0v) is 16.4. The van der Waals surface area contributed by atoms with Gasteiger partial charge in [0.25, 0.3) is 5.91 Å². The Morgan fingerprint density at radius 2 is 1.73 bits per heavy atom. The molecule has 2 saturated heterocycles. The van der Waals surface area contributed by atoms with Crippen molar-refractivity contribution in [3.63, 3.8) is 0 Å². The van der Waals surface area contributed by atoms with E-state index in [1.54, 1.807) is 0 Å². The van der Waals surface area contributed by atoms with Crippen molar-refractivity contribution in [3.05, 3.63) is 56.8 Å². The lowest BCUT2D eigenvalue weighted by molar-refractivity contribution is 0.0570. The van der Waals surface area contributed by atoms with Crippen LogP contribution in [0.5, 0.6) is 0 Å². The van der Waals surface area contributed by atoms with Crippen molar-refractivity contribution in [1.82, 2.24) is 4.90 Å². The summed E-state index contributed by atoms with van der Waals surface area (Å²) >= 11 is 1.82. The lowest BCUT2D eigenvalue weighted by Crippen LogP contribution is -2.46. The first-order chi connectivity index (χ1) is 12.7. The number of rotatable bonds is 2. The highest BCUT2D eigenvalue weighted by Gasteiger charge is 2.44. The molecule has 2 aromatic rings. The Kier molecular flexibility index (Phi) is 4.16. The summed E-state index contributed by atoms with van der Waals surface area (Å²) in [5, 5.41) is 2.16. The molecular formula is C23H27NOS. The highest BCUT2D eigenvalue weighted by atomic mass is 32.1. The molecule has 1 amide bonds. The predicted octanol–water partition coefficient (Wildman–Crippen LogP) is 5.49. The average molecular weight is 366 g/mol. The van der Waals surface area contributed by atoms with Crippen LogP contribution in [0.25, 0.3) is 0 Å². The monoisotopic (exact) mass is 365 g/mol. The van der Waals surface area contributed by atoms with Gasteiger partial charge in [0, 0.05) is 22.3 Å². The van der Waals surface area contributed by atoms with Crippen molar-refractivity contribution < 1.29 is 4.79 Å². The van der Waals surface area contributed by atoms with Crippen molar-refractivity contribution >= 4 is 17.2 Å². The largest absolute Gasteiger partial charge is 0.333 e. The van der Waals surface area contributed by atoms with E-state index in [2.05, 4.69) is 41.5 Å². The van der Waals surface area contributed by atoms with Crippen LogP contribution in [0.3, 0.4) is 0 Å². The lowest BCUT2D eigenvalue weighted by Gasteiger charge is -2.39. The molecule has 3 aliphatic rings. The predicted molar refractivity (Wildman–Crippen MR) is 107 cm³/mol. The third kappa shape index (κ3) is 2.72. The van der Waals surface area contributed by atoms with Crippen LogP contribution in [0.2, 0.25) is 0 Å². The third-order valence-corrected chi connectivity index (χ3v) is 7.90. The second-order valence-electron chi connectivity index (χ2n) is 8.43. The summed E-state index contributed by atoms with van der Waals surface area (Å²) in [5.41, 5.74) is 5.21. The molecule has 0 spiro atoms. The number of carbonyl (C=O) groups is 1. The van der Waals surface area contributed by atoms with E-state index in [0.29, 0.717) is 23.9 Å². The minimum absolute atomic E-state index is 0.333. The zero-order valence-electron chi connectivity index (χ0n) is 15.5. The first-order valence-electron chi connectivity index (χ1n) is 10.2. The Bertz CT molecular complexity index is 807. The summed E-state index contributed by atoms with van der Waals surface area (Å²) in [4.78, 5) is 17.2. The molecule has 0 unspecified atom stereocenters.